The normalized spacial score (nSPS) is 17.1. The summed E-state index contributed by atoms with van der Waals surface area (Å²) in [7, 11) is 0. The van der Waals surface area contributed by atoms with Gasteiger partial charge >= 0.3 is 0 Å². The Morgan fingerprint density at radius 2 is 0.983 bits per heavy atom. The molecule has 0 bridgehead atoms. The van der Waals surface area contributed by atoms with E-state index in [2.05, 4.69) is 192 Å². The average molecular weight is 766 g/mol. The molecule has 4 aliphatic carbocycles. The van der Waals surface area contributed by atoms with Gasteiger partial charge in [0.25, 0.3) is 0 Å². The lowest BCUT2D eigenvalue weighted by Gasteiger charge is -2.42. The van der Waals surface area contributed by atoms with Gasteiger partial charge in [0, 0.05) is 16.9 Å². The van der Waals surface area contributed by atoms with Gasteiger partial charge in [0.15, 0.2) is 0 Å². The van der Waals surface area contributed by atoms with E-state index >= 15 is 0 Å². The van der Waals surface area contributed by atoms with E-state index in [0.717, 1.165) is 6.42 Å². The molecule has 1 heteroatoms. The zero-order chi connectivity index (χ0) is 40.3. The molecule has 0 aliphatic heterocycles. The number of hydrogen-bond acceptors (Lipinski definition) is 1. The molecule has 11 rings (SSSR count). The van der Waals surface area contributed by atoms with Crippen LogP contribution in [0.5, 0.6) is 0 Å². The summed E-state index contributed by atoms with van der Waals surface area (Å²) >= 11 is 0. The first-order valence-electron chi connectivity index (χ1n) is 22.2. The molecule has 292 valence electrons. The molecule has 0 saturated carbocycles. The highest BCUT2D eigenvalue weighted by molar-refractivity contribution is 6.00. The van der Waals surface area contributed by atoms with Gasteiger partial charge in [0.05, 0.1) is 11.1 Å². The van der Waals surface area contributed by atoms with Gasteiger partial charge in [-0.3, -0.25) is 0 Å². The minimum atomic E-state index is -0.437. The maximum absolute atomic E-state index is 2.65. The van der Waals surface area contributed by atoms with E-state index < -0.39 is 5.41 Å². The van der Waals surface area contributed by atoms with Crippen LogP contribution >= 0.6 is 0 Å². The second kappa shape index (κ2) is 13.2. The number of aryl methyl sites for hydroxylation is 2. The van der Waals surface area contributed by atoms with Crippen molar-refractivity contribution in [2.45, 2.75) is 102 Å². The van der Waals surface area contributed by atoms with Gasteiger partial charge in [-0.1, -0.05) is 157 Å². The predicted octanol–water partition coefficient (Wildman–Crippen LogP) is 15.5. The first-order valence-corrected chi connectivity index (χ1v) is 22.2. The van der Waals surface area contributed by atoms with Crippen molar-refractivity contribution in [3.05, 3.63) is 196 Å². The highest BCUT2D eigenvalue weighted by Gasteiger charge is 2.52. The van der Waals surface area contributed by atoms with Crippen molar-refractivity contribution in [2.24, 2.45) is 0 Å². The topological polar surface area (TPSA) is 3.24 Å². The van der Waals surface area contributed by atoms with Crippen molar-refractivity contribution in [1.29, 1.82) is 0 Å². The lowest BCUT2D eigenvalue weighted by molar-refractivity contribution is 0.332. The molecule has 0 saturated heterocycles. The Morgan fingerprint density at radius 1 is 0.441 bits per heavy atom. The van der Waals surface area contributed by atoms with Gasteiger partial charge in [0.2, 0.25) is 0 Å². The molecule has 0 aromatic heterocycles. The molecule has 0 fully saturated rings. The lowest BCUT2D eigenvalue weighted by Crippen LogP contribution is -2.33. The molecule has 0 atom stereocenters. The summed E-state index contributed by atoms with van der Waals surface area (Å²) in [5.41, 5.74) is 24.5. The first kappa shape index (κ1) is 36.4. The van der Waals surface area contributed by atoms with E-state index in [0.29, 0.717) is 5.92 Å². The lowest BCUT2D eigenvalue weighted by atomic mass is 9.63. The zero-order valence-electron chi connectivity index (χ0n) is 35.6. The Kier molecular flexibility index (Phi) is 8.13. The number of hydrogen-bond donors (Lipinski definition) is 0. The SMILES string of the molecule is CC(C)c1cc2c(cc1N(c1ccccc1)c1cc3c(cc1-c1ccc4c(c1)C(C)(C)CCC4(C)C)-c1ccccc1C31c3ccccc3-c3ccccc31)CCCC2. The summed E-state index contributed by atoms with van der Waals surface area (Å²) in [6.45, 7) is 14.6. The van der Waals surface area contributed by atoms with Gasteiger partial charge in [-0.25, -0.2) is 0 Å². The molecule has 0 unspecified atom stereocenters. The van der Waals surface area contributed by atoms with Crippen LogP contribution in [0.15, 0.2) is 146 Å². The minimum Gasteiger partial charge on any atom is -0.310 e. The monoisotopic (exact) mass is 765 g/mol. The third-order valence-electron chi connectivity index (χ3n) is 14.9. The molecule has 1 nitrogen and oxygen atoms in total. The Morgan fingerprint density at radius 3 is 1.59 bits per heavy atom. The molecule has 1 spiro atoms. The van der Waals surface area contributed by atoms with E-state index in [1.165, 1.54) is 127 Å². The van der Waals surface area contributed by atoms with E-state index in [1.54, 1.807) is 5.56 Å². The standard InChI is InChI=1S/C58H55N/c1-37(2)45-32-38-18-10-11-19-39(38)34-54(45)59(41-20-8-7-9-21-41)55-36-52-47(35-46(55)40-28-29-51-53(33-40)57(5,6)31-30-56(51,3)4)44-24-14-17-27-50(44)58(52)48-25-15-12-22-42(48)43-23-13-16-26-49(43)58/h7-9,12-17,20-29,32-37H,10-11,18-19,30-31H2,1-6H3. The molecule has 7 aromatic rings. The summed E-state index contributed by atoms with van der Waals surface area (Å²) in [4.78, 5) is 2.65. The Hall–Kier alpha value is -5.66. The van der Waals surface area contributed by atoms with Crippen molar-refractivity contribution < 1.29 is 0 Å². The van der Waals surface area contributed by atoms with Gasteiger partial charge in [-0.05, 0) is 163 Å². The fourth-order valence-corrected chi connectivity index (χ4v) is 11.7. The van der Waals surface area contributed by atoms with Crippen LogP contribution in [-0.2, 0) is 29.1 Å². The molecule has 7 aromatic carbocycles. The fourth-order valence-electron chi connectivity index (χ4n) is 11.7. The minimum absolute atomic E-state index is 0.0914. The number of nitrogens with zero attached hydrogens (tertiary/aromatic N) is 1. The molecule has 59 heavy (non-hydrogen) atoms. The van der Waals surface area contributed by atoms with E-state index in [4.69, 9.17) is 0 Å². The maximum Gasteiger partial charge on any atom is 0.0726 e. The first-order chi connectivity index (χ1) is 28.6. The van der Waals surface area contributed by atoms with Crippen molar-refractivity contribution in [3.63, 3.8) is 0 Å². The van der Waals surface area contributed by atoms with Crippen molar-refractivity contribution in [1.82, 2.24) is 0 Å². The van der Waals surface area contributed by atoms with E-state index in [9.17, 15) is 0 Å². The Balaban J connectivity index is 1.28. The number of fused-ring (bicyclic) bond motifs is 12. The van der Waals surface area contributed by atoms with E-state index in [1.807, 2.05) is 0 Å². The smallest absolute Gasteiger partial charge is 0.0726 e. The average Bonchev–Trinajstić information content (AvgIpc) is 3.72. The second-order valence-corrected chi connectivity index (χ2v) is 19.5. The molecule has 4 aliphatic rings. The summed E-state index contributed by atoms with van der Waals surface area (Å²) in [6, 6.07) is 56.8. The van der Waals surface area contributed by atoms with Gasteiger partial charge in [-0.15, -0.1) is 0 Å². The van der Waals surface area contributed by atoms with Gasteiger partial charge in [0.1, 0.15) is 0 Å². The third kappa shape index (κ3) is 5.29. The molecular formula is C58H55N. The molecule has 0 amide bonds. The van der Waals surface area contributed by atoms with Crippen LogP contribution in [-0.4, -0.2) is 0 Å². The van der Waals surface area contributed by atoms with Gasteiger partial charge < -0.3 is 4.90 Å². The summed E-state index contributed by atoms with van der Waals surface area (Å²) in [6.07, 6.45) is 7.23. The summed E-state index contributed by atoms with van der Waals surface area (Å²) in [5, 5.41) is 0. The highest BCUT2D eigenvalue weighted by atomic mass is 15.1. The molecular weight excluding hydrogens is 711 g/mol. The van der Waals surface area contributed by atoms with E-state index in [-0.39, 0.29) is 10.8 Å². The molecule has 0 radical (unpaired) electrons. The number of rotatable bonds is 5. The molecule has 0 heterocycles. The van der Waals surface area contributed by atoms with Crippen LogP contribution < -0.4 is 4.90 Å². The van der Waals surface area contributed by atoms with Crippen LogP contribution in [0.2, 0.25) is 0 Å². The number of benzene rings is 7. The zero-order valence-corrected chi connectivity index (χ0v) is 35.6. The number of para-hydroxylation sites is 1. The van der Waals surface area contributed by atoms with Crippen LogP contribution in [0.1, 0.15) is 123 Å². The highest BCUT2D eigenvalue weighted by Crippen LogP contribution is 2.64. The Labute approximate surface area is 351 Å². The van der Waals surface area contributed by atoms with Crippen LogP contribution in [0.25, 0.3) is 33.4 Å². The van der Waals surface area contributed by atoms with Gasteiger partial charge in [-0.2, -0.15) is 0 Å². The number of anilines is 3. The summed E-state index contributed by atoms with van der Waals surface area (Å²) < 4.78 is 0. The van der Waals surface area contributed by atoms with Crippen LogP contribution in [0.4, 0.5) is 17.1 Å². The fraction of sp³-hybridized carbons (Fsp3) is 0.276. The van der Waals surface area contributed by atoms with Crippen molar-refractivity contribution in [3.8, 4) is 33.4 Å². The largest absolute Gasteiger partial charge is 0.310 e. The Bertz CT molecular complexity index is 2770. The third-order valence-corrected chi connectivity index (χ3v) is 14.9. The summed E-state index contributed by atoms with van der Waals surface area (Å²) in [5.74, 6) is 0.359. The second-order valence-electron chi connectivity index (χ2n) is 19.5. The predicted molar refractivity (Wildman–Crippen MR) is 249 cm³/mol. The molecule has 0 N–H and O–H groups in total. The van der Waals surface area contributed by atoms with Crippen LogP contribution in [0.3, 0.4) is 0 Å². The quantitative estimate of drug-likeness (QED) is 0.169. The van der Waals surface area contributed by atoms with Crippen LogP contribution in [0, 0.1) is 0 Å². The maximum atomic E-state index is 2.65. The van der Waals surface area contributed by atoms with Crippen molar-refractivity contribution >= 4 is 17.1 Å². The van der Waals surface area contributed by atoms with Crippen molar-refractivity contribution in [2.75, 3.05) is 4.90 Å².